The molecule has 0 fully saturated rings. The van der Waals surface area contributed by atoms with Crippen LogP contribution in [0.25, 0.3) is 0 Å². The van der Waals surface area contributed by atoms with Gasteiger partial charge in [0, 0.05) is 31.0 Å². The van der Waals surface area contributed by atoms with E-state index in [1.807, 2.05) is 33.8 Å². The third-order valence-electron chi connectivity index (χ3n) is 2.86. The van der Waals surface area contributed by atoms with Crippen molar-refractivity contribution in [1.82, 2.24) is 9.88 Å². The van der Waals surface area contributed by atoms with E-state index in [-0.39, 0.29) is 18.6 Å². The standard InChI is InChI=1S/C14H23N3O2/c1-5-15-13-8-11(4)16-9-12(13)14(19)17(6-7-18)10(2)3/h8-10,18H,5-7H2,1-4H3,(H,15,16). The van der Waals surface area contributed by atoms with Gasteiger partial charge in [0.05, 0.1) is 17.9 Å². The Balaban J connectivity index is 3.09. The topological polar surface area (TPSA) is 65.5 Å². The Hall–Kier alpha value is -1.62. The van der Waals surface area contributed by atoms with Crippen molar-refractivity contribution in [1.29, 1.82) is 0 Å². The van der Waals surface area contributed by atoms with Crippen LogP contribution in [0.3, 0.4) is 0 Å². The van der Waals surface area contributed by atoms with E-state index in [1.165, 1.54) is 0 Å². The summed E-state index contributed by atoms with van der Waals surface area (Å²) in [5.41, 5.74) is 2.21. The fourth-order valence-electron chi connectivity index (χ4n) is 1.92. The molecule has 0 saturated heterocycles. The van der Waals surface area contributed by atoms with E-state index in [1.54, 1.807) is 11.1 Å². The lowest BCUT2D eigenvalue weighted by molar-refractivity contribution is 0.0666. The van der Waals surface area contributed by atoms with Gasteiger partial charge in [-0.1, -0.05) is 0 Å². The number of nitrogens with zero attached hydrogens (tertiary/aromatic N) is 2. The summed E-state index contributed by atoms with van der Waals surface area (Å²) in [6.07, 6.45) is 1.60. The average Bonchev–Trinajstić information content (AvgIpc) is 2.35. The second kappa shape index (κ2) is 7.09. The number of anilines is 1. The van der Waals surface area contributed by atoms with E-state index in [9.17, 15) is 4.79 Å². The SMILES string of the molecule is CCNc1cc(C)ncc1C(=O)N(CCO)C(C)C. The van der Waals surface area contributed by atoms with Crippen LogP contribution >= 0.6 is 0 Å². The number of aliphatic hydroxyl groups excluding tert-OH is 1. The Kier molecular flexibility index (Phi) is 5.76. The minimum atomic E-state index is -0.104. The van der Waals surface area contributed by atoms with Crippen molar-refractivity contribution < 1.29 is 9.90 Å². The first-order chi connectivity index (χ1) is 9.01. The summed E-state index contributed by atoms with van der Waals surface area (Å²) in [7, 11) is 0. The molecule has 5 nitrogen and oxygen atoms in total. The fraction of sp³-hybridized carbons (Fsp3) is 0.571. The number of amides is 1. The van der Waals surface area contributed by atoms with Gasteiger partial charge in [0.15, 0.2) is 0 Å². The molecule has 19 heavy (non-hydrogen) atoms. The molecule has 0 aromatic carbocycles. The Bertz CT molecular complexity index is 433. The summed E-state index contributed by atoms with van der Waals surface area (Å²) in [5.74, 6) is -0.104. The predicted octanol–water partition coefficient (Wildman–Crippen LogP) is 1.66. The van der Waals surface area contributed by atoms with Gasteiger partial charge in [-0.05, 0) is 33.8 Å². The van der Waals surface area contributed by atoms with E-state index in [0.717, 1.165) is 17.9 Å². The van der Waals surface area contributed by atoms with Crippen LogP contribution in [0.2, 0.25) is 0 Å². The van der Waals surface area contributed by atoms with Crippen LogP contribution in [-0.4, -0.2) is 46.6 Å². The first-order valence-electron chi connectivity index (χ1n) is 6.63. The van der Waals surface area contributed by atoms with Gasteiger partial charge in [0.1, 0.15) is 0 Å². The molecular formula is C14H23N3O2. The lowest BCUT2D eigenvalue weighted by Crippen LogP contribution is -2.39. The maximum atomic E-state index is 12.5. The molecule has 0 atom stereocenters. The van der Waals surface area contributed by atoms with Gasteiger partial charge in [-0.15, -0.1) is 0 Å². The van der Waals surface area contributed by atoms with Crippen molar-refractivity contribution in [3.8, 4) is 0 Å². The molecule has 1 aromatic rings. The van der Waals surface area contributed by atoms with Crippen molar-refractivity contribution in [2.24, 2.45) is 0 Å². The maximum Gasteiger partial charge on any atom is 0.257 e. The van der Waals surface area contributed by atoms with Crippen LogP contribution in [-0.2, 0) is 0 Å². The van der Waals surface area contributed by atoms with E-state index in [0.29, 0.717) is 12.1 Å². The molecule has 0 aliphatic rings. The number of aromatic nitrogens is 1. The maximum absolute atomic E-state index is 12.5. The number of nitrogens with one attached hydrogen (secondary N) is 1. The van der Waals surface area contributed by atoms with Crippen LogP contribution in [0.4, 0.5) is 5.69 Å². The summed E-state index contributed by atoms with van der Waals surface area (Å²) >= 11 is 0. The van der Waals surface area contributed by atoms with Gasteiger partial charge >= 0.3 is 0 Å². The molecule has 0 spiro atoms. The summed E-state index contributed by atoms with van der Waals surface area (Å²) in [6, 6.07) is 1.91. The number of carbonyl (C=O) groups excluding carboxylic acids is 1. The van der Waals surface area contributed by atoms with Crippen molar-refractivity contribution in [2.75, 3.05) is 25.0 Å². The molecular weight excluding hydrogens is 242 g/mol. The lowest BCUT2D eigenvalue weighted by Gasteiger charge is -2.27. The van der Waals surface area contributed by atoms with E-state index < -0.39 is 0 Å². The van der Waals surface area contributed by atoms with Gasteiger partial charge < -0.3 is 15.3 Å². The molecule has 5 heteroatoms. The molecule has 0 aliphatic heterocycles. The fourth-order valence-corrected chi connectivity index (χ4v) is 1.92. The second-order valence-electron chi connectivity index (χ2n) is 4.72. The third kappa shape index (κ3) is 3.92. The molecule has 0 bridgehead atoms. The summed E-state index contributed by atoms with van der Waals surface area (Å²) in [6.45, 7) is 8.77. The summed E-state index contributed by atoms with van der Waals surface area (Å²) in [4.78, 5) is 18.4. The normalized spacial score (nSPS) is 10.6. The highest BCUT2D eigenvalue weighted by molar-refractivity contribution is 5.99. The molecule has 1 aromatic heterocycles. The lowest BCUT2D eigenvalue weighted by atomic mass is 10.1. The van der Waals surface area contributed by atoms with Gasteiger partial charge in [0.2, 0.25) is 0 Å². The number of aryl methyl sites for hydroxylation is 1. The van der Waals surface area contributed by atoms with Crippen LogP contribution in [0.1, 0.15) is 36.8 Å². The van der Waals surface area contributed by atoms with Crippen LogP contribution in [0.5, 0.6) is 0 Å². The number of pyridine rings is 1. The van der Waals surface area contributed by atoms with Gasteiger partial charge in [-0.3, -0.25) is 9.78 Å². The number of rotatable bonds is 6. The van der Waals surface area contributed by atoms with Crippen LogP contribution in [0, 0.1) is 6.92 Å². The molecule has 0 unspecified atom stereocenters. The van der Waals surface area contributed by atoms with Crippen molar-refractivity contribution in [2.45, 2.75) is 33.7 Å². The van der Waals surface area contributed by atoms with Gasteiger partial charge in [-0.25, -0.2) is 0 Å². The summed E-state index contributed by atoms with van der Waals surface area (Å²) < 4.78 is 0. The van der Waals surface area contributed by atoms with Gasteiger partial charge in [-0.2, -0.15) is 0 Å². The Morgan fingerprint density at radius 1 is 1.53 bits per heavy atom. The smallest absolute Gasteiger partial charge is 0.257 e. The highest BCUT2D eigenvalue weighted by Crippen LogP contribution is 2.18. The number of hydrogen-bond acceptors (Lipinski definition) is 4. The second-order valence-corrected chi connectivity index (χ2v) is 4.72. The molecule has 1 heterocycles. The number of hydrogen-bond donors (Lipinski definition) is 2. The molecule has 1 rings (SSSR count). The van der Waals surface area contributed by atoms with Crippen LogP contribution < -0.4 is 5.32 Å². The molecule has 106 valence electrons. The summed E-state index contributed by atoms with van der Waals surface area (Å²) in [5, 5.41) is 12.3. The molecule has 2 N–H and O–H groups in total. The highest BCUT2D eigenvalue weighted by atomic mass is 16.3. The van der Waals surface area contributed by atoms with E-state index >= 15 is 0 Å². The minimum Gasteiger partial charge on any atom is -0.395 e. The van der Waals surface area contributed by atoms with Crippen LogP contribution in [0.15, 0.2) is 12.3 Å². The first-order valence-corrected chi connectivity index (χ1v) is 6.63. The third-order valence-corrected chi connectivity index (χ3v) is 2.86. The first kappa shape index (κ1) is 15.4. The Morgan fingerprint density at radius 3 is 2.74 bits per heavy atom. The number of carbonyl (C=O) groups is 1. The minimum absolute atomic E-state index is 0.0374. The largest absolute Gasteiger partial charge is 0.395 e. The van der Waals surface area contributed by atoms with Crippen molar-refractivity contribution in [3.63, 3.8) is 0 Å². The van der Waals surface area contributed by atoms with E-state index in [2.05, 4.69) is 10.3 Å². The highest BCUT2D eigenvalue weighted by Gasteiger charge is 2.21. The quantitative estimate of drug-likeness (QED) is 0.821. The van der Waals surface area contributed by atoms with Gasteiger partial charge in [0.25, 0.3) is 5.91 Å². The molecule has 1 amide bonds. The van der Waals surface area contributed by atoms with Crippen molar-refractivity contribution in [3.05, 3.63) is 23.5 Å². The molecule has 0 aliphatic carbocycles. The zero-order valence-electron chi connectivity index (χ0n) is 12.1. The zero-order valence-corrected chi connectivity index (χ0v) is 12.1. The van der Waals surface area contributed by atoms with E-state index in [4.69, 9.17) is 5.11 Å². The molecule has 0 saturated carbocycles. The molecule has 0 radical (unpaired) electrons. The number of aliphatic hydroxyl groups is 1. The zero-order chi connectivity index (χ0) is 14.4. The Labute approximate surface area is 114 Å². The predicted molar refractivity (Wildman–Crippen MR) is 76.4 cm³/mol. The monoisotopic (exact) mass is 265 g/mol. The van der Waals surface area contributed by atoms with Crippen molar-refractivity contribution >= 4 is 11.6 Å². The average molecular weight is 265 g/mol. The Morgan fingerprint density at radius 2 is 2.21 bits per heavy atom.